The molecule has 0 aliphatic carbocycles. The van der Waals surface area contributed by atoms with Gasteiger partial charge >= 0.3 is 0 Å². The number of benzene rings is 1. The zero-order valence-corrected chi connectivity index (χ0v) is 13.3. The van der Waals surface area contributed by atoms with Gasteiger partial charge < -0.3 is 4.57 Å². The van der Waals surface area contributed by atoms with Crippen LogP contribution in [0.2, 0.25) is 0 Å². The van der Waals surface area contributed by atoms with E-state index in [0.29, 0.717) is 5.88 Å². The third-order valence-corrected chi connectivity index (χ3v) is 4.12. The number of aryl methyl sites for hydroxylation is 1. The number of nitrogens with zero attached hydrogens (tertiary/aromatic N) is 3. The number of aromatic nitrogens is 3. The molecule has 102 valence electrons. The predicted molar refractivity (Wildman–Crippen MR) is 85.1 cm³/mol. The van der Waals surface area contributed by atoms with E-state index in [-0.39, 0.29) is 0 Å². The second-order valence-electron chi connectivity index (χ2n) is 4.68. The van der Waals surface area contributed by atoms with E-state index in [1.54, 1.807) is 0 Å². The quantitative estimate of drug-likeness (QED) is 0.660. The molecule has 20 heavy (non-hydrogen) atoms. The van der Waals surface area contributed by atoms with Gasteiger partial charge in [0.15, 0.2) is 0 Å². The number of fused-ring (bicyclic) bond motifs is 1. The highest BCUT2D eigenvalue weighted by Gasteiger charge is 2.11. The molecule has 3 nitrogen and oxygen atoms in total. The first-order valence-electron chi connectivity index (χ1n) is 6.29. The van der Waals surface area contributed by atoms with Crippen molar-refractivity contribution in [2.75, 3.05) is 0 Å². The van der Waals surface area contributed by atoms with E-state index in [9.17, 15) is 0 Å². The van der Waals surface area contributed by atoms with Crippen LogP contribution in [0, 0.1) is 6.92 Å². The van der Waals surface area contributed by atoms with Crippen LogP contribution in [0.25, 0.3) is 11.0 Å². The minimum Gasteiger partial charge on any atom is -0.322 e. The molecule has 0 aliphatic rings. The monoisotopic (exact) mass is 349 g/mol. The van der Waals surface area contributed by atoms with Crippen LogP contribution in [-0.2, 0) is 12.4 Å². The molecule has 0 amide bonds. The SMILES string of the molecule is Cc1ccncc1Cn1c(CCl)nc2cc(Br)ccc21. The molecule has 1 aromatic carbocycles. The van der Waals surface area contributed by atoms with Crippen LogP contribution in [0.5, 0.6) is 0 Å². The number of pyridine rings is 1. The van der Waals surface area contributed by atoms with Gasteiger partial charge in [0.2, 0.25) is 0 Å². The first-order valence-corrected chi connectivity index (χ1v) is 7.62. The van der Waals surface area contributed by atoms with Gasteiger partial charge in [-0.15, -0.1) is 11.6 Å². The first kappa shape index (κ1) is 13.6. The maximum absolute atomic E-state index is 6.04. The lowest BCUT2D eigenvalue weighted by Crippen LogP contribution is -2.05. The minimum absolute atomic E-state index is 0.394. The number of rotatable bonds is 3. The van der Waals surface area contributed by atoms with Gasteiger partial charge in [-0.05, 0) is 42.3 Å². The Bertz CT molecular complexity index is 767. The van der Waals surface area contributed by atoms with Gasteiger partial charge in [0.1, 0.15) is 5.82 Å². The van der Waals surface area contributed by atoms with Crippen LogP contribution >= 0.6 is 27.5 Å². The second kappa shape index (κ2) is 5.54. The summed E-state index contributed by atoms with van der Waals surface area (Å²) in [6.07, 6.45) is 3.71. The second-order valence-corrected chi connectivity index (χ2v) is 5.87. The number of alkyl halides is 1. The Labute approximate surface area is 130 Å². The van der Waals surface area contributed by atoms with Crippen molar-refractivity contribution in [3.63, 3.8) is 0 Å². The maximum atomic E-state index is 6.04. The molecule has 5 heteroatoms. The molecular weight excluding hydrogens is 338 g/mol. The molecule has 0 radical (unpaired) electrons. The van der Waals surface area contributed by atoms with Crippen LogP contribution in [0.3, 0.4) is 0 Å². The molecule has 0 saturated carbocycles. The van der Waals surface area contributed by atoms with Gasteiger partial charge in [-0.1, -0.05) is 15.9 Å². The fourth-order valence-electron chi connectivity index (χ4n) is 2.26. The van der Waals surface area contributed by atoms with Gasteiger partial charge in [-0.25, -0.2) is 4.98 Å². The minimum atomic E-state index is 0.394. The van der Waals surface area contributed by atoms with Crippen LogP contribution < -0.4 is 0 Å². The Morgan fingerprint density at radius 1 is 1.30 bits per heavy atom. The van der Waals surface area contributed by atoms with Gasteiger partial charge in [0.05, 0.1) is 23.5 Å². The molecule has 0 atom stereocenters. The third-order valence-electron chi connectivity index (χ3n) is 3.38. The molecule has 3 aromatic rings. The lowest BCUT2D eigenvalue weighted by Gasteiger charge is -2.09. The van der Waals surface area contributed by atoms with Crippen molar-refractivity contribution >= 4 is 38.6 Å². The predicted octanol–water partition coefficient (Wildman–Crippen LogP) is 4.29. The summed E-state index contributed by atoms with van der Waals surface area (Å²) in [4.78, 5) is 8.80. The van der Waals surface area contributed by atoms with Crippen LogP contribution in [0.4, 0.5) is 0 Å². The van der Waals surface area contributed by atoms with Crippen molar-refractivity contribution < 1.29 is 0 Å². The van der Waals surface area contributed by atoms with Crippen molar-refractivity contribution in [3.05, 3.63) is 58.1 Å². The zero-order chi connectivity index (χ0) is 14.1. The molecule has 0 fully saturated rings. The molecule has 3 rings (SSSR count). The molecule has 0 unspecified atom stereocenters. The highest BCUT2D eigenvalue weighted by Crippen LogP contribution is 2.23. The van der Waals surface area contributed by atoms with Gasteiger partial charge in [0.25, 0.3) is 0 Å². The van der Waals surface area contributed by atoms with Crippen molar-refractivity contribution in [3.8, 4) is 0 Å². The smallest absolute Gasteiger partial charge is 0.125 e. The normalized spacial score (nSPS) is 11.2. The van der Waals surface area contributed by atoms with Crippen molar-refractivity contribution in [2.45, 2.75) is 19.3 Å². The van der Waals surface area contributed by atoms with E-state index in [1.807, 2.05) is 30.6 Å². The number of hydrogen-bond donors (Lipinski definition) is 0. The van der Waals surface area contributed by atoms with E-state index < -0.39 is 0 Å². The number of hydrogen-bond acceptors (Lipinski definition) is 2. The fraction of sp³-hybridized carbons (Fsp3) is 0.200. The summed E-state index contributed by atoms with van der Waals surface area (Å²) in [6.45, 7) is 2.83. The summed E-state index contributed by atoms with van der Waals surface area (Å²) in [6, 6.07) is 8.12. The third kappa shape index (κ3) is 2.45. The van der Waals surface area contributed by atoms with Gasteiger partial charge in [-0.2, -0.15) is 0 Å². The average Bonchev–Trinajstić information content (AvgIpc) is 2.78. The fourth-order valence-corrected chi connectivity index (χ4v) is 2.82. The van der Waals surface area contributed by atoms with Crippen LogP contribution in [-0.4, -0.2) is 14.5 Å². The number of halogens is 2. The summed E-state index contributed by atoms with van der Waals surface area (Å²) in [5.41, 5.74) is 4.45. The summed E-state index contributed by atoms with van der Waals surface area (Å²) in [5.74, 6) is 1.27. The number of imidazole rings is 1. The molecule has 0 bridgehead atoms. The highest BCUT2D eigenvalue weighted by molar-refractivity contribution is 9.10. The molecular formula is C15H13BrClN3. The van der Waals surface area contributed by atoms with E-state index in [2.05, 4.69) is 43.5 Å². The van der Waals surface area contributed by atoms with E-state index in [4.69, 9.17) is 11.6 Å². The van der Waals surface area contributed by atoms with E-state index >= 15 is 0 Å². The van der Waals surface area contributed by atoms with E-state index in [0.717, 1.165) is 27.9 Å². The Kier molecular flexibility index (Phi) is 3.76. The summed E-state index contributed by atoms with van der Waals surface area (Å²) >= 11 is 9.51. The Morgan fingerprint density at radius 3 is 2.90 bits per heavy atom. The van der Waals surface area contributed by atoms with Crippen molar-refractivity contribution in [1.82, 2.24) is 14.5 Å². The summed E-state index contributed by atoms with van der Waals surface area (Å²) < 4.78 is 3.17. The molecule has 0 N–H and O–H groups in total. The van der Waals surface area contributed by atoms with Crippen LogP contribution in [0.15, 0.2) is 41.1 Å². The van der Waals surface area contributed by atoms with E-state index in [1.165, 1.54) is 11.1 Å². The lowest BCUT2D eigenvalue weighted by molar-refractivity contribution is 0.771. The Balaban J connectivity index is 2.12. The largest absolute Gasteiger partial charge is 0.322 e. The van der Waals surface area contributed by atoms with Gasteiger partial charge in [0, 0.05) is 16.9 Å². The lowest BCUT2D eigenvalue weighted by atomic mass is 10.1. The van der Waals surface area contributed by atoms with Crippen molar-refractivity contribution in [1.29, 1.82) is 0 Å². The summed E-state index contributed by atoms with van der Waals surface area (Å²) in [7, 11) is 0. The molecule has 0 saturated heterocycles. The molecule has 0 aliphatic heterocycles. The van der Waals surface area contributed by atoms with Gasteiger partial charge in [-0.3, -0.25) is 4.98 Å². The highest BCUT2D eigenvalue weighted by atomic mass is 79.9. The van der Waals surface area contributed by atoms with Crippen molar-refractivity contribution in [2.24, 2.45) is 0 Å². The van der Waals surface area contributed by atoms with Crippen LogP contribution in [0.1, 0.15) is 17.0 Å². The topological polar surface area (TPSA) is 30.7 Å². The average molecular weight is 351 g/mol. The summed E-state index contributed by atoms with van der Waals surface area (Å²) in [5, 5.41) is 0. The molecule has 0 spiro atoms. The Hall–Kier alpha value is -1.39. The molecule has 2 heterocycles. The zero-order valence-electron chi connectivity index (χ0n) is 11.0. The molecule has 2 aromatic heterocycles. The standard InChI is InChI=1S/C15H13BrClN3/c1-10-4-5-18-8-11(10)9-20-14-3-2-12(16)6-13(14)19-15(20)7-17/h2-6,8H,7,9H2,1H3. The first-order chi connectivity index (χ1) is 9.69. The maximum Gasteiger partial charge on any atom is 0.125 e. The Morgan fingerprint density at radius 2 is 2.15 bits per heavy atom.